The van der Waals surface area contributed by atoms with E-state index in [1.807, 2.05) is 30.3 Å². The van der Waals surface area contributed by atoms with Crippen LogP contribution in [0.5, 0.6) is 0 Å². The molecule has 1 aliphatic rings. The van der Waals surface area contributed by atoms with Gasteiger partial charge in [-0.1, -0.05) is 35.5 Å². The molecule has 1 amide bonds. The van der Waals surface area contributed by atoms with Crippen molar-refractivity contribution in [2.75, 3.05) is 13.1 Å². The van der Waals surface area contributed by atoms with E-state index in [4.69, 9.17) is 4.52 Å². The van der Waals surface area contributed by atoms with Crippen molar-refractivity contribution >= 4 is 5.91 Å². The summed E-state index contributed by atoms with van der Waals surface area (Å²) >= 11 is 0. The van der Waals surface area contributed by atoms with Crippen LogP contribution in [0.3, 0.4) is 0 Å². The topological polar surface area (TPSA) is 105 Å². The van der Waals surface area contributed by atoms with E-state index in [0.717, 1.165) is 5.56 Å². The number of hydrogen-bond acceptors (Lipinski definition) is 6. The van der Waals surface area contributed by atoms with Gasteiger partial charge in [0.2, 0.25) is 11.7 Å². The Morgan fingerprint density at radius 3 is 2.67 bits per heavy atom. The van der Waals surface area contributed by atoms with Gasteiger partial charge in [0, 0.05) is 30.8 Å². The molecule has 3 aromatic rings. The molecule has 27 heavy (non-hydrogen) atoms. The van der Waals surface area contributed by atoms with E-state index in [-0.39, 0.29) is 17.4 Å². The summed E-state index contributed by atoms with van der Waals surface area (Å²) in [6, 6.07) is 9.66. The molecule has 0 radical (unpaired) electrons. The predicted molar refractivity (Wildman–Crippen MR) is 97.2 cm³/mol. The number of aryl methyl sites for hydroxylation is 1. The zero-order valence-corrected chi connectivity index (χ0v) is 14.9. The van der Waals surface area contributed by atoms with Gasteiger partial charge in [-0.25, -0.2) is 4.98 Å². The molecule has 1 N–H and O–H groups in total. The average Bonchev–Trinajstić information content (AvgIpc) is 3.19. The van der Waals surface area contributed by atoms with Gasteiger partial charge in [-0.2, -0.15) is 4.98 Å². The summed E-state index contributed by atoms with van der Waals surface area (Å²) in [5.41, 5.74) is 0.577. The lowest BCUT2D eigenvalue weighted by atomic mass is 9.96. The van der Waals surface area contributed by atoms with Crippen LogP contribution in [0.25, 0.3) is 11.4 Å². The molecular formula is C19H19N5O3. The molecule has 1 saturated heterocycles. The van der Waals surface area contributed by atoms with E-state index >= 15 is 0 Å². The number of hydrogen-bond donors (Lipinski definition) is 1. The molecule has 1 aliphatic heterocycles. The zero-order chi connectivity index (χ0) is 18.8. The SMILES string of the molecule is Cc1ncc(C(=O)N2CCC(c3nc(-c4ccccc4)no3)CC2)c(=O)[nH]1. The number of carbonyl (C=O) groups is 1. The second kappa shape index (κ2) is 7.14. The number of piperidine rings is 1. The Bertz CT molecular complexity index is 1000. The van der Waals surface area contributed by atoms with Gasteiger partial charge in [0.1, 0.15) is 11.4 Å². The summed E-state index contributed by atoms with van der Waals surface area (Å²) in [5, 5.41) is 4.06. The minimum atomic E-state index is -0.404. The van der Waals surface area contributed by atoms with E-state index in [1.54, 1.807) is 11.8 Å². The highest BCUT2D eigenvalue weighted by Crippen LogP contribution is 2.28. The standard InChI is InChI=1S/C19H19N5O3/c1-12-20-11-15(17(25)21-12)19(26)24-9-7-14(8-10-24)18-22-16(23-27-18)13-5-3-2-4-6-13/h2-6,11,14H,7-10H2,1H3,(H,20,21,25). The van der Waals surface area contributed by atoms with Gasteiger partial charge in [-0.15, -0.1) is 0 Å². The number of amides is 1. The monoisotopic (exact) mass is 365 g/mol. The van der Waals surface area contributed by atoms with E-state index in [9.17, 15) is 9.59 Å². The smallest absolute Gasteiger partial charge is 0.263 e. The third-order valence-corrected chi connectivity index (χ3v) is 4.76. The molecule has 3 heterocycles. The zero-order valence-electron chi connectivity index (χ0n) is 14.9. The maximum Gasteiger partial charge on any atom is 0.263 e. The summed E-state index contributed by atoms with van der Waals surface area (Å²) in [6.45, 7) is 2.73. The first kappa shape index (κ1) is 17.1. The number of carbonyl (C=O) groups excluding carboxylic acids is 1. The Morgan fingerprint density at radius 2 is 1.96 bits per heavy atom. The van der Waals surface area contributed by atoms with Gasteiger partial charge in [-0.05, 0) is 19.8 Å². The first-order chi connectivity index (χ1) is 13.1. The molecule has 0 atom stereocenters. The van der Waals surface area contributed by atoms with Gasteiger partial charge >= 0.3 is 0 Å². The summed E-state index contributed by atoms with van der Waals surface area (Å²) in [4.78, 5) is 37.3. The van der Waals surface area contributed by atoms with Gasteiger partial charge in [-0.3, -0.25) is 9.59 Å². The highest BCUT2D eigenvalue weighted by molar-refractivity contribution is 5.93. The number of aromatic amines is 1. The highest BCUT2D eigenvalue weighted by Gasteiger charge is 2.29. The van der Waals surface area contributed by atoms with Crippen molar-refractivity contribution in [2.45, 2.75) is 25.7 Å². The number of benzene rings is 1. The van der Waals surface area contributed by atoms with Crippen molar-refractivity contribution in [3.8, 4) is 11.4 Å². The third-order valence-electron chi connectivity index (χ3n) is 4.76. The van der Waals surface area contributed by atoms with E-state index in [0.29, 0.717) is 43.5 Å². The molecule has 138 valence electrons. The predicted octanol–water partition coefficient (Wildman–Crippen LogP) is 2.15. The van der Waals surface area contributed by atoms with E-state index in [2.05, 4.69) is 20.1 Å². The van der Waals surface area contributed by atoms with Crippen LogP contribution in [0.1, 0.15) is 40.8 Å². The second-order valence-electron chi connectivity index (χ2n) is 6.60. The molecule has 0 bridgehead atoms. The molecule has 0 aliphatic carbocycles. The first-order valence-electron chi connectivity index (χ1n) is 8.86. The van der Waals surface area contributed by atoms with E-state index in [1.165, 1.54) is 6.20 Å². The third kappa shape index (κ3) is 3.51. The maximum absolute atomic E-state index is 12.6. The lowest BCUT2D eigenvalue weighted by Gasteiger charge is -2.30. The fourth-order valence-electron chi connectivity index (χ4n) is 3.24. The highest BCUT2D eigenvalue weighted by atomic mass is 16.5. The molecule has 8 heteroatoms. The number of nitrogens with one attached hydrogen (secondary N) is 1. The van der Waals surface area contributed by atoms with Crippen LogP contribution in [0.2, 0.25) is 0 Å². The number of nitrogens with zero attached hydrogens (tertiary/aromatic N) is 4. The normalized spacial score (nSPS) is 15.1. The first-order valence-corrected chi connectivity index (χ1v) is 8.86. The lowest BCUT2D eigenvalue weighted by Crippen LogP contribution is -2.40. The van der Waals surface area contributed by atoms with Crippen LogP contribution in [0.15, 0.2) is 45.8 Å². The Balaban J connectivity index is 1.43. The minimum Gasteiger partial charge on any atom is -0.339 e. The molecule has 0 unspecified atom stereocenters. The number of aromatic nitrogens is 4. The molecule has 0 spiro atoms. The second-order valence-corrected chi connectivity index (χ2v) is 6.60. The summed E-state index contributed by atoms with van der Waals surface area (Å²) in [5.74, 6) is 1.46. The molecule has 8 nitrogen and oxygen atoms in total. The van der Waals surface area contributed by atoms with E-state index < -0.39 is 5.56 Å². The summed E-state index contributed by atoms with van der Waals surface area (Å²) < 4.78 is 5.44. The fourth-order valence-corrected chi connectivity index (χ4v) is 3.24. The summed E-state index contributed by atoms with van der Waals surface area (Å²) in [6.07, 6.45) is 2.76. The average molecular weight is 365 g/mol. The largest absolute Gasteiger partial charge is 0.339 e. The van der Waals surface area contributed by atoms with Gasteiger partial charge in [0.15, 0.2) is 0 Å². The van der Waals surface area contributed by atoms with Crippen molar-refractivity contribution in [1.29, 1.82) is 0 Å². The number of rotatable bonds is 3. The molecule has 2 aromatic heterocycles. The van der Waals surface area contributed by atoms with Crippen LogP contribution in [0, 0.1) is 6.92 Å². The van der Waals surface area contributed by atoms with Gasteiger partial charge < -0.3 is 14.4 Å². The molecular weight excluding hydrogens is 346 g/mol. The summed E-state index contributed by atoms with van der Waals surface area (Å²) in [7, 11) is 0. The van der Waals surface area contributed by atoms with Crippen LogP contribution in [-0.2, 0) is 0 Å². The Morgan fingerprint density at radius 1 is 1.22 bits per heavy atom. The Labute approximate surface area is 155 Å². The minimum absolute atomic E-state index is 0.0724. The molecule has 1 fully saturated rings. The fraction of sp³-hybridized carbons (Fsp3) is 0.316. The van der Waals surface area contributed by atoms with Crippen molar-refractivity contribution in [3.05, 3.63) is 64.2 Å². The van der Waals surface area contributed by atoms with Crippen LogP contribution in [0.4, 0.5) is 0 Å². The Hall–Kier alpha value is -3.29. The Kier molecular flexibility index (Phi) is 4.53. The van der Waals surface area contributed by atoms with Crippen LogP contribution in [-0.4, -0.2) is 44.0 Å². The van der Waals surface area contributed by atoms with Crippen molar-refractivity contribution < 1.29 is 9.32 Å². The van der Waals surface area contributed by atoms with Crippen molar-refractivity contribution in [2.24, 2.45) is 0 Å². The van der Waals surface area contributed by atoms with Crippen molar-refractivity contribution in [3.63, 3.8) is 0 Å². The molecule has 0 saturated carbocycles. The van der Waals surface area contributed by atoms with Gasteiger partial charge in [0.05, 0.1) is 0 Å². The maximum atomic E-state index is 12.6. The van der Waals surface area contributed by atoms with Crippen LogP contribution < -0.4 is 5.56 Å². The number of likely N-dealkylation sites (tertiary alicyclic amines) is 1. The van der Waals surface area contributed by atoms with Crippen LogP contribution >= 0.6 is 0 Å². The lowest BCUT2D eigenvalue weighted by molar-refractivity contribution is 0.0702. The molecule has 1 aromatic carbocycles. The quantitative estimate of drug-likeness (QED) is 0.762. The van der Waals surface area contributed by atoms with Gasteiger partial charge in [0.25, 0.3) is 11.5 Å². The van der Waals surface area contributed by atoms with Crippen molar-refractivity contribution in [1.82, 2.24) is 25.0 Å². The number of H-pyrrole nitrogens is 1. The molecule has 4 rings (SSSR count).